The number of methoxy groups -OCH3 is 1. The molecule has 1 atom stereocenters. The summed E-state index contributed by atoms with van der Waals surface area (Å²) in [6.07, 6.45) is 1.74. The van der Waals surface area contributed by atoms with Gasteiger partial charge in [0.2, 0.25) is 0 Å². The minimum Gasteiger partial charge on any atom is -0.469 e. The molecule has 0 saturated carbocycles. The van der Waals surface area contributed by atoms with Crippen molar-refractivity contribution in [3.8, 4) is 11.3 Å². The monoisotopic (exact) mass is 347 g/mol. The Hall–Kier alpha value is -2.14. The standard InChI is InChI=1S/C18H22ClN3O2/c1-18(2,3)15(10-17(23)24-4)22-16-9-14(20-11-21-16)12-7-5-6-8-13(12)19/h5-9,11,15H,10H2,1-4H3,(H,20,21,22). The van der Waals surface area contributed by atoms with Gasteiger partial charge in [0.15, 0.2) is 0 Å². The zero-order chi connectivity index (χ0) is 17.7. The van der Waals surface area contributed by atoms with Crippen LogP contribution in [0.3, 0.4) is 0 Å². The molecule has 0 fully saturated rings. The Morgan fingerprint density at radius 3 is 2.62 bits per heavy atom. The summed E-state index contributed by atoms with van der Waals surface area (Å²) in [6.45, 7) is 6.18. The van der Waals surface area contributed by atoms with Crippen LogP contribution < -0.4 is 5.32 Å². The molecule has 0 spiro atoms. The SMILES string of the molecule is COC(=O)CC(Nc1cc(-c2ccccc2Cl)ncn1)C(C)(C)C. The maximum Gasteiger partial charge on any atom is 0.307 e. The van der Waals surface area contributed by atoms with Crippen LogP contribution in [0.5, 0.6) is 0 Å². The van der Waals surface area contributed by atoms with Crippen LogP contribution in [0.1, 0.15) is 27.2 Å². The molecule has 0 radical (unpaired) electrons. The number of hydrogen-bond acceptors (Lipinski definition) is 5. The number of nitrogens with one attached hydrogen (secondary N) is 1. The minimum atomic E-state index is -0.261. The number of carbonyl (C=O) groups is 1. The van der Waals surface area contributed by atoms with Crippen molar-refractivity contribution in [2.75, 3.05) is 12.4 Å². The Kier molecular flexibility index (Phi) is 5.78. The molecule has 2 aromatic rings. The second kappa shape index (κ2) is 7.62. The van der Waals surface area contributed by atoms with Gasteiger partial charge in [-0.1, -0.05) is 50.6 Å². The fourth-order valence-corrected chi connectivity index (χ4v) is 2.49. The van der Waals surface area contributed by atoms with Crippen molar-refractivity contribution in [2.24, 2.45) is 5.41 Å². The van der Waals surface area contributed by atoms with Crippen molar-refractivity contribution in [1.82, 2.24) is 9.97 Å². The highest BCUT2D eigenvalue weighted by Crippen LogP contribution is 2.29. The van der Waals surface area contributed by atoms with Crippen molar-refractivity contribution < 1.29 is 9.53 Å². The smallest absolute Gasteiger partial charge is 0.307 e. The van der Waals surface area contributed by atoms with Gasteiger partial charge < -0.3 is 10.1 Å². The lowest BCUT2D eigenvalue weighted by Crippen LogP contribution is -2.36. The Morgan fingerprint density at radius 1 is 1.29 bits per heavy atom. The topological polar surface area (TPSA) is 64.1 Å². The number of ether oxygens (including phenoxy) is 1. The number of anilines is 1. The molecule has 0 aliphatic carbocycles. The van der Waals surface area contributed by atoms with E-state index in [1.54, 1.807) is 0 Å². The van der Waals surface area contributed by atoms with Gasteiger partial charge in [-0.05, 0) is 11.5 Å². The molecule has 6 heteroatoms. The van der Waals surface area contributed by atoms with Gasteiger partial charge in [-0.25, -0.2) is 9.97 Å². The fraction of sp³-hybridized carbons (Fsp3) is 0.389. The Morgan fingerprint density at radius 2 is 2.00 bits per heavy atom. The quantitative estimate of drug-likeness (QED) is 0.822. The van der Waals surface area contributed by atoms with Gasteiger partial charge in [0.1, 0.15) is 12.1 Å². The average Bonchev–Trinajstić information content (AvgIpc) is 2.54. The fourth-order valence-electron chi connectivity index (χ4n) is 2.25. The van der Waals surface area contributed by atoms with E-state index in [0.717, 1.165) is 11.3 Å². The van der Waals surface area contributed by atoms with Crippen LogP contribution in [-0.2, 0) is 9.53 Å². The highest BCUT2D eigenvalue weighted by atomic mass is 35.5. The van der Waals surface area contributed by atoms with Crippen LogP contribution in [0.4, 0.5) is 5.82 Å². The molecule has 128 valence electrons. The molecule has 0 aliphatic rings. The molecule has 5 nitrogen and oxygen atoms in total. The summed E-state index contributed by atoms with van der Waals surface area (Å²) in [6, 6.07) is 9.21. The molecule has 0 aliphatic heterocycles. The lowest BCUT2D eigenvalue weighted by Gasteiger charge is -2.31. The molecule has 24 heavy (non-hydrogen) atoms. The van der Waals surface area contributed by atoms with Crippen molar-refractivity contribution in [3.05, 3.63) is 41.7 Å². The predicted molar refractivity (Wildman–Crippen MR) is 96.0 cm³/mol. The van der Waals surface area contributed by atoms with Gasteiger partial charge >= 0.3 is 5.97 Å². The third-order valence-electron chi connectivity index (χ3n) is 3.78. The molecule has 1 N–H and O–H groups in total. The highest BCUT2D eigenvalue weighted by molar-refractivity contribution is 6.33. The lowest BCUT2D eigenvalue weighted by molar-refractivity contribution is -0.141. The van der Waals surface area contributed by atoms with E-state index in [9.17, 15) is 4.79 Å². The second-order valence-corrected chi connectivity index (χ2v) is 7.02. The van der Waals surface area contributed by atoms with Crippen LogP contribution in [0.25, 0.3) is 11.3 Å². The van der Waals surface area contributed by atoms with Crippen molar-refractivity contribution in [2.45, 2.75) is 33.2 Å². The van der Waals surface area contributed by atoms with Crippen LogP contribution in [0, 0.1) is 5.41 Å². The van der Waals surface area contributed by atoms with Gasteiger partial charge in [-0.3, -0.25) is 4.79 Å². The van der Waals surface area contributed by atoms with Crippen LogP contribution in [0.15, 0.2) is 36.7 Å². The van der Waals surface area contributed by atoms with E-state index in [-0.39, 0.29) is 23.8 Å². The van der Waals surface area contributed by atoms with Gasteiger partial charge in [0.25, 0.3) is 0 Å². The average molecular weight is 348 g/mol. The number of esters is 1. The largest absolute Gasteiger partial charge is 0.469 e. The third kappa shape index (κ3) is 4.68. The molecule has 0 saturated heterocycles. The van der Waals surface area contributed by atoms with Crippen molar-refractivity contribution in [1.29, 1.82) is 0 Å². The van der Waals surface area contributed by atoms with Crippen LogP contribution in [0.2, 0.25) is 5.02 Å². The molecule has 1 aromatic heterocycles. The Bertz CT molecular complexity index is 713. The maximum atomic E-state index is 11.7. The number of nitrogens with zero attached hydrogens (tertiary/aromatic N) is 2. The second-order valence-electron chi connectivity index (χ2n) is 6.61. The Balaban J connectivity index is 2.27. The molecule has 1 heterocycles. The number of rotatable bonds is 5. The summed E-state index contributed by atoms with van der Waals surface area (Å²) in [5.41, 5.74) is 1.41. The lowest BCUT2D eigenvalue weighted by atomic mass is 9.84. The summed E-state index contributed by atoms with van der Waals surface area (Å²) < 4.78 is 4.79. The molecule has 0 bridgehead atoms. The number of carbonyl (C=O) groups excluding carboxylic acids is 1. The van der Waals surface area contributed by atoms with E-state index >= 15 is 0 Å². The third-order valence-corrected chi connectivity index (χ3v) is 4.11. The maximum absolute atomic E-state index is 11.7. The number of halogens is 1. The van der Waals surface area contributed by atoms with Crippen LogP contribution in [-0.4, -0.2) is 29.1 Å². The van der Waals surface area contributed by atoms with E-state index in [1.807, 2.05) is 30.3 Å². The van der Waals surface area contributed by atoms with Gasteiger partial charge in [-0.2, -0.15) is 0 Å². The molecule has 1 unspecified atom stereocenters. The van der Waals surface area contributed by atoms with E-state index < -0.39 is 0 Å². The summed E-state index contributed by atoms with van der Waals surface area (Å²) in [4.78, 5) is 20.2. The van der Waals surface area contributed by atoms with E-state index in [0.29, 0.717) is 10.8 Å². The number of hydrogen-bond donors (Lipinski definition) is 1. The van der Waals surface area contributed by atoms with Gasteiger partial charge in [-0.15, -0.1) is 0 Å². The van der Waals surface area contributed by atoms with Crippen LogP contribution >= 0.6 is 11.6 Å². The van der Waals surface area contributed by atoms with Gasteiger partial charge in [0.05, 0.1) is 19.2 Å². The minimum absolute atomic E-state index is 0.126. The molecular weight excluding hydrogens is 326 g/mol. The first-order valence-corrected chi connectivity index (χ1v) is 8.09. The zero-order valence-electron chi connectivity index (χ0n) is 14.3. The van der Waals surface area contributed by atoms with Crippen molar-refractivity contribution in [3.63, 3.8) is 0 Å². The first-order chi connectivity index (χ1) is 11.3. The molecule has 2 rings (SSSR count). The number of benzene rings is 1. The first-order valence-electron chi connectivity index (χ1n) is 7.71. The summed E-state index contributed by atoms with van der Waals surface area (Å²) in [5.74, 6) is 0.381. The normalized spacial score (nSPS) is 12.5. The van der Waals surface area contributed by atoms with E-state index in [2.05, 4.69) is 36.1 Å². The zero-order valence-corrected chi connectivity index (χ0v) is 15.1. The number of aromatic nitrogens is 2. The first kappa shape index (κ1) is 18.2. The Labute approximate surface area is 147 Å². The van der Waals surface area contributed by atoms with E-state index in [1.165, 1.54) is 13.4 Å². The summed E-state index contributed by atoms with van der Waals surface area (Å²) in [5, 5.41) is 3.95. The summed E-state index contributed by atoms with van der Waals surface area (Å²) >= 11 is 6.24. The summed E-state index contributed by atoms with van der Waals surface area (Å²) in [7, 11) is 1.39. The molecular formula is C18H22ClN3O2. The predicted octanol–water partition coefficient (Wildman–Crippen LogP) is 4.19. The van der Waals surface area contributed by atoms with Gasteiger partial charge in [0, 0.05) is 22.7 Å². The highest BCUT2D eigenvalue weighted by Gasteiger charge is 2.27. The van der Waals surface area contributed by atoms with Crippen molar-refractivity contribution >= 4 is 23.4 Å². The molecule has 1 aromatic carbocycles. The van der Waals surface area contributed by atoms with E-state index in [4.69, 9.17) is 16.3 Å². The molecule has 0 amide bonds.